The number of hydrogen-bond acceptors (Lipinski definition) is 5. The minimum Gasteiger partial charge on any atom is -0.493 e. The first-order valence-corrected chi connectivity index (χ1v) is 10.7. The predicted octanol–water partition coefficient (Wildman–Crippen LogP) is 2.60. The lowest BCUT2D eigenvalue weighted by atomic mass is 9.90. The Morgan fingerprint density at radius 3 is 2.59 bits per heavy atom. The average Bonchev–Trinajstić information content (AvgIpc) is 2.80. The van der Waals surface area contributed by atoms with Crippen molar-refractivity contribution in [2.45, 2.75) is 18.4 Å². The molecule has 0 saturated carbocycles. The Hall–Kier alpha value is -3.26. The van der Waals surface area contributed by atoms with Crippen LogP contribution in [0.2, 0.25) is 0 Å². The van der Waals surface area contributed by atoms with Crippen molar-refractivity contribution in [2.75, 3.05) is 53.8 Å². The third-order valence-corrected chi connectivity index (χ3v) is 5.72. The highest BCUT2D eigenvalue weighted by Gasteiger charge is 2.25. The number of anilines is 1. The molecule has 0 radical (unpaired) electrons. The highest BCUT2D eigenvalue weighted by atomic mass is 16.5. The molecule has 1 amide bonds. The van der Waals surface area contributed by atoms with Crippen LogP contribution >= 0.6 is 0 Å². The van der Waals surface area contributed by atoms with Crippen molar-refractivity contribution in [1.82, 2.24) is 15.5 Å². The first-order valence-electron chi connectivity index (χ1n) is 10.7. The fourth-order valence-corrected chi connectivity index (χ4v) is 3.98. The number of ether oxygens (including phenoxy) is 2. The SMILES string of the molecule is CN=C(NCC1CC(=O)Nc2ccccc21)NCC(c1ccc(OC)c(OC)c1)N(C)C. The smallest absolute Gasteiger partial charge is 0.225 e. The average molecular weight is 440 g/mol. The zero-order chi connectivity index (χ0) is 23.1. The first-order chi connectivity index (χ1) is 15.5. The van der Waals surface area contributed by atoms with E-state index in [0.717, 1.165) is 16.8 Å². The lowest BCUT2D eigenvalue weighted by Crippen LogP contribution is -2.43. The van der Waals surface area contributed by atoms with Gasteiger partial charge < -0.3 is 30.3 Å². The van der Waals surface area contributed by atoms with Crippen molar-refractivity contribution < 1.29 is 14.3 Å². The number of carbonyl (C=O) groups is 1. The molecule has 3 N–H and O–H groups in total. The van der Waals surface area contributed by atoms with E-state index in [1.807, 2.05) is 50.5 Å². The van der Waals surface area contributed by atoms with Crippen molar-refractivity contribution in [2.24, 2.45) is 4.99 Å². The number of guanidine groups is 1. The molecular weight excluding hydrogens is 406 g/mol. The number of likely N-dealkylation sites (N-methyl/N-ethyl adjacent to an activating group) is 1. The van der Waals surface area contributed by atoms with Crippen LogP contribution in [0.3, 0.4) is 0 Å². The molecule has 8 nitrogen and oxygen atoms in total. The first kappa shape index (κ1) is 23.4. The standard InChI is InChI=1S/C24H33N5O3/c1-25-24(26-14-17-13-23(30)28-19-9-7-6-8-18(17)19)27-15-20(29(2)3)16-10-11-21(31-4)22(12-16)32-5/h6-12,17,20H,13-15H2,1-5H3,(H,28,30)(H2,25,26,27). The number of nitrogens with zero attached hydrogens (tertiary/aromatic N) is 2. The number of aliphatic imine (C=N–C) groups is 1. The molecule has 0 aromatic heterocycles. The number of nitrogens with one attached hydrogen (secondary N) is 3. The van der Waals surface area contributed by atoms with Crippen LogP contribution in [0.4, 0.5) is 5.69 Å². The normalized spacial score (nSPS) is 16.8. The van der Waals surface area contributed by atoms with E-state index in [4.69, 9.17) is 9.47 Å². The predicted molar refractivity (Wildman–Crippen MR) is 128 cm³/mol. The largest absolute Gasteiger partial charge is 0.493 e. The van der Waals surface area contributed by atoms with E-state index < -0.39 is 0 Å². The van der Waals surface area contributed by atoms with Crippen molar-refractivity contribution >= 4 is 17.6 Å². The summed E-state index contributed by atoms with van der Waals surface area (Å²) in [6.45, 7) is 1.26. The summed E-state index contributed by atoms with van der Waals surface area (Å²) < 4.78 is 10.8. The summed E-state index contributed by atoms with van der Waals surface area (Å²) in [5.41, 5.74) is 3.14. The summed E-state index contributed by atoms with van der Waals surface area (Å²) in [6.07, 6.45) is 0.451. The number of benzene rings is 2. The molecule has 172 valence electrons. The van der Waals surface area contributed by atoms with E-state index in [-0.39, 0.29) is 17.9 Å². The lowest BCUT2D eigenvalue weighted by molar-refractivity contribution is -0.116. The van der Waals surface area contributed by atoms with E-state index in [1.54, 1.807) is 21.3 Å². The second-order valence-corrected chi connectivity index (χ2v) is 7.96. The van der Waals surface area contributed by atoms with Crippen LogP contribution in [-0.4, -0.2) is 65.2 Å². The Morgan fingerprint density at radius 2 is 1.91 bits per heavy atom. The number of carbonyl (C=O) groups excluding carboxylic acids is 1. The van der Waals surface area contributed by atoms with Crippen LogP contribution in [0.5, 0.6) is 11.5 Å². The molecule has 0 spiro atoms. The minimum absolute atomic E-state index is 0.0413. The summed E-state index contributed by atoms with van der Waals surface area (Å²) >= 11 is 0. The van der Waals surface area contributed by atoms with Gasteiger partial charge in [-0.25, -0.2) is 0 Å². The van der Waals surface area contributed by atoms with Crippen LogP contribution in [-0.2, 0) is 4.79 Å². The fourth-order valence-electron chi connectivity index (χ4n) is 3.98. The van der Waals surface area contributed by atoms with Crippen molar-refractivity contribution in [3.05, 3.63) is 53.6 Å². The van der Waals surface area contributed by atoms with Gasteiger partial charge in [-0.1, -0.05) is 24.3 Å². The number of fused-ring (bicyclic) bond motifs is 1. The van der Waals surface area contributed by atoms with E-state index in [1.165, 1.54) is 0 Å². The van der Waals surface area contributed by atoms with Gasteiger partial charge in [-0.05, 0) is 43.4 Å². The second kappa shape index (κ2) is 10.9. The summed E-state index contributed by atoms with van der Waals surface area (Å²) in [6, 6.07) is 14.0. The van der Waals surface area contributed by atoms with Gasteiger partial charge in [0.2, 0.25) is 5.91 Å². The lowest BCUT2D eigenvalue weighted by Gasteiger charge is -2.28. The van der Waals surface area contributed by atoms with Gasteiger partial charge >= 0.3 is 0 Å². The molecule has 0 fully saturated rings. The molecule has 2 aromatic carbocycles. The van der Waals surface area contributed by atoms with Crippen LogP contribution in [0, 0.1) is 0 Å². The molecule has 0 saturated heterocycles. The third-order valence-electron chi connectivity index (χ3n) is 5.72. The Bertz CT molecular complexity index is 960. The van der Waals surface area contributed by atoms with Gasteiger partial charge in [-0.2, -0.15) is 0 Å². The maximum absolute atomic E-state index is 12.1. The number of hydrogen-bond donors (Lipinski definition) is 3. The summed E-state index contributed by atoms with van der Waals surface area (Å²) in [5.74, 6) is 2.24. The van der Waals surface area contributed by atoms with Crippen LogP contribution in [0.25, 0.3) is 0 Å². The van der Waals surface area contributed by atoms with Gasteiger partial charge in [-0.3, -0.25) is 9.79 Å². The van der Waals surface area contributed by atoms with E-state index in [2.05, 4.69) is 31.9 Å². The van der Waals surface area contributed by atoms with Gasteiger partial charge in [0.25, 0.3) is 0 Å². The van der Waals surface area contributed by atoms with Gasteiger partial charge in [0.15, 0.2) is 17.5 Å². The highest BCUT2D eigenvalue weighted by molar-refractivity contribution is 5.94. The number of para-hydroxylation sites is 1. The molecule has 3 rings (SSSR count). The van der Waals surface area contributed by atoms with E-state index in [0.29, 0.717) is 37.0 Å². The molecule has 0 bridgehead atoms. The van der Waals surface area contributed by atoms with E-state index >= 15 is 0 Å². The van der Waals surface area contributed by atoms with Crippen molar-refractivity contribution in [3.8, 4) is 11.5 Å². The van der Waals surface area contributed by atoms with E-state index in [9.17, 15) is 4.79 Å². The monoisotopic (exact) mass is 439 g/mol. The zero-order valence-electron chi connectivity index (χ0n) is 19.4. The number of rotatable bonds is 8. The van der Waals surface area contributed by atoms with Crippen LogP contribution in [0.1, 0.15) is 29.5 Å². The second-order valence-electron chi connectivity index (χ2n) is 7.96. The molecule has 32 heavy (non-hydrogen) atoms. The van der Waals surface area contributed by atoms with Gasteiger partial charge in [-0.15, -0.1) is 0 Å². The summed E-state index contributed by atoms with van der Waals surface area (Å²) in [7, 11) is 9.10. The maximum Gasteiger partial charge on any atom is 0.225 e. The molecule has 8 heteroatoms. The Labute approximate surface area is 190 Å². The minimum atomic E-state index is 0.0413. The molecule has 0 aliphatic carbocycles. The summed E-state index contributed by atoms with van der Waals surface area (Å²) in [4.78, 5) is 18.6. The Morgan fingerprint density at radius 1 is 1.16 bits per heavy atom. The molecule has 1 aliphatic rings. The quantitative estimate of drug-likeness (QED) is 0.433. The molecule has 2 unspecified atom stereocenters. The Balaban J connectivity index is 1.65. The zero-order valence-corrected chi connectivity index (χ0v) is 19.4. The molecule has 2 aromatic rings. The van der Waals surface area contributed by atoms with Gasteiger partial charge in [0.1, 0.15) is 0 Å². The van der Waals surface area contributed by atoms with Gasteiger partial charge in [0.05, 0.1) is 20.3 Å². The Kier molecular flexibility index (Phi) is 7.94. The highest BCUT2D eigenvalue weighted by Crippen LogP contribution is 2.32. The van der Waals surface area contributed by atoms with Gasteiger partial charge in [0, 0.05) is 38.2 Å². The summed E-state index contributed by atoms with van der Waals surface area (Å²) in [5, 5.41) is 9.74. The van der Waals surface area contributed by atoms with Crippen LogP contribution in [0.15, 0.2) is 47.5 Å². The van der Waals surface area contributed by atoms with Crippen LogP contribution < -0.4 is 25.4 Å². The molecule has 1 aliphatic heterocycles. The number of amides is 1. The topological polar surface area (TPSA) is 87.2 Å². The maximum atomic E-state index is 12.1. The fraction of sp³-hybridized carbons (Fsp3) is 0.417. The van der Waals surface area contributed by atoms with Crippen molar-refractivity contribution in [3.63, 3.8) is 0 Å². The third kappa shape index (κ3) is 5.50. The van der Waals surface area contributed by atoms with Crippen molar-refractivity contribution in [1.29, 1.82) is 0 Å². The number of methoxy groups -OCH3 is 2. The molecule has 2 atom stereocenters. The molecular formula is C24H33N5O3. The molecule has 1 heterocycles.